The van der Waals surface area contributed by atoms with Crippen LogP contribution in [0.2, 0.25) is 0 Å². The maximum Gasteiger partial charge on any atom is 0.0701 e. The minimum atomic E-state index is 0.650. The molecule has 1 aliphatic rings. The van der Waals surface area contributed by atoms with Crippen LogP contribution >= 0.6 is 0 Å². The van der Waals surface area contributed by atoms with Gasteiger partial charge in [-0.1, -0.05) is 0 Å². The van der Waals surface area contributed by atoms with E-state index in [0.29, 0.717) is 39.5 Å². The highest BCUT2D eigenvalue weighted by molar-refractivity contribution is 6.40. The lowest BCUT2D eigenvalue weighted by Crippen LogP contribution is -2.14. The number of nitrogens with zero attached hydrogens (tertiary/aromatic N) is 2. The van der Waals surface area contributed by atoms with Gasteiger partial charge in [-0.3, -0.25) is 9.98 Å². The van der Waals surface area contributed by atoms with Crippen molar-refractivity contribution in [1.82, 2.24) is 0 Å². The van der Waals surface area contributed by atoms with Crippen molar-refractivity contribution < 1.29 is 9.47 Å². The van der Waals surface area contributed by atoms with Crippen molar-refractivity contribution in [3.63, 3.8) is 0 Å². The van der Waals surface area contributed by atoms with Gasteiger partial charge in [0.25, 0.3) is 0 Å². The fraction of sp³-hybridized carbons (Fsp3) is 0.800. The van der Waals surface area contributed by atoms with Crippen molar-refractivity contribution >= 4 is 11.4 Å². The molecule has 0 fully saturated rings. The lowest BCUT2D eigenvalue weighted by molar-refractivity contribution is 0.0540. The maximum absolute atomic E-state index is 5.32. The molecule has 1 heterocycles. The topological polar surface area (TPSA) is 43.2 Å². The van der Waals surface area contributed by atoms with Crippen LogP contribution in [0.25, 0.3) is 0 Å². The monoisotopic (exact) mass is 198 g/mol. The van der Waals surface area contributed by atoms with Gasteiger partial charge in [0.2, 0.25) is 0 Å². The third kappa shape index (κ3) is 4.48. The summed E-state index contributed by atoms with van der Waals surface area (Å²) in [6, 6.07) is 0. The summed E-state index contributed by atoms with van der Waals surface area (Å²) in [7, 11) is 0. The summed E-state index contributed by atoms with van der Waals surface area (Å²) < 4.78 is 10.6. The van der Waals surface area contributed by atoms with E-state index >= 15 is 0 Å². The molecule has 0 atom stereocenters. The van der Waals surface area contributed by atoms with Gasteiger partial charge in [0.05, 0.1) is 50.9 Å². The van der Waals surface area contributed by atoms with Crippen molar-refractivity contribution in [3.8, 4) is 0 Å². The second-order valence-electron chi connectivity index (χ2n) is 3.16. The molecule has 0 unspecified atom stereocenters. The highest BCUT2D eigenvalue weighted by atomic mass is 16.5. The van der Waals surface area contributed by atoms with Gasteiger partial charge in [0.1, 0.15) is 0 Å². The molecule has 0 N–H and O–H groups in total. The van der Waals surface area contributed by atoms with E-state index in [1.165, 1.54) is 0 Å². The molecular weight excluding hydrogens is 180 g/mol. The Balaban J connectivity index is 2.49. The molecule has 0 bridgehead atoms. The summed E-state index contributed by atoms with van der Waals surface area (Å²) in [5.74, 6) is 0. The van der Waals surface area contributed by atoms with Crippen molar-refractivity contribution in [2.45, 2.75) is 13.8 Å². The molecule has 0 amide bonds. The standard InChI is InChI=1S/C10H18N2O2/c1-9-10(2)12-4-6-14-8-7-13-5-3-11-9/h3-8H2,1-2H3. The molecule has 0 aromatic rings. The van der Waals surface area contributed by atoms with Gasteiger partial charge in [-0.25, -0.2) is 0 Å². The van der Waals surface area contributed by atoms with Crippen LogP contribution in [0.15, 0.2) is 9.98 Å². The fourth-order valence-electron chi connectivity index (χ4n) is 1.11. The normalized spacial score (nSPS) is 21.6. The highest BCUT2D eigenvalue weighted by Gasteiger charge is 1.97. The fourth-order valence-corrected chi connectivity index (χ4v) is 1.11. The van der Waals surface area contributed by atoms with E-state index in [4.69, 9.17) is 9.47 Å². The molecule has 1 aliphatic heterocycles. The van der Waals surface area contributed by atoms with Crippen molar-refractivity contribution in [3.05, 3.63) is 0 Å². The number of hydrogen-bond donors (Lipinski definition) is 0. The zero-order valence-corrected chi connectivity index (χ0v) is 8.95. The van der Waals surface area contributed by atoms with Crippen LogP contribution in [-0.2, 0) is 9.47 Å². The van der Waals surface area contributed by atoms with E-state index in [1.807, 2.05) is 13.8 Å². The average Bonchev–Trinajstić information content (AvgIpc) is 2.18. The minimum Gasteiger partial charge on any atom is -0.377 e. The number of rotatable bonds is 0. The van der Waals surface area contributed by atoms with E-state index < -0.39 is 0 Å². The first-order chi connectivity index (χ1) is 6.80. The first kappa shape index (κ1) is 11.3. The lowest BCUT2D eigenvalue weighted by Gasteiger charge is -2.07. The van der Waals surface area contributed by atoms with Gasteiger partial charge in [-0.2, -0.15) is 0 Å². The van der Waals surface area contributed by atoms with E-state index in [-0.39, 0.29) is 0 Å². The van der Waals surface area contributed by atoms with Crippen LogP contribution in [0, 0.1) is 0 Å². The predicted molar refractivity (Wildman–Crippen MR) is 57.6 cm³/mol. The Hall–Kier alpha value is -0.740. The summed E-state index contributed by atoms with van der Waals surface area (Å²) in [6.07, 6.45) is 0. The van der Waals surface area contributed by atoms with E-state index in [9.17, 15) is 0 Å². The molecule has 80 valence electrons. The molecular formula is C10H18N2O2. The summed E-state index contributed by atoms with van der Waals surface area (Å²) in [5.41, 5.74) is 1.99. The molecule has 1 rings (SSSR count). The van der Waals surface area contributed by atoms with E-state index in [1.54, 1.807) is 0 Å². The molecule has 0 spiro atoms. The molecule has 0 saturated carbocycles. The smallest absolute Gasteiger partial charge is 0.0701 e. The van der Waals surface area contributed by atoms with Crippen molar-refractivity contribution in [2.75, 3.05) is 39.5 Å². The summed E-state index contributed by atoms with van der Waals surface area (Å²) in [4.78, 5) is 8.72. The Morgan fingerprint density at radius 1 is 0.786 bits per heavy atom. The first-order valence-corrected chi connectivity index (χ1v) is 4.98. The number of hydrogen-bond acceptors (Lipinski definition) is 4. The van der Waals surface area contributed by atoms with Gasteiger partial charge in [-0.05, 0) is 13.8 Å². The first-order valence-electron chi connectivity index (χ1n) is 4.98. The Morgan fingerprint density at radius 3 is 1.64 bits per heavy atom. The van der Waals surface area contributed by atoms with Crippen LogP contribution in [0.3, 0.4) is 0 Å². The Bertz CT molecular complexity index is 200. The van der Waals surface area contributed by atoms with Gasteiger partial charge >= 0.3 is 0 Å². The Morgan fingerprint density at radius 2 is 1.21 bits per heavy atom. The van der Waals surface area contributed by atoms with Gasteiger partial charge in [0, 0.05) is 0 Å². The number of ether oxygens (including phenoxy) is 2. The van der Waals surface area contributed by atoms with Crippen LogP contribution in [-0.4, -0.2) is 50.9 Å². The van der Waals surface area contributed by atoms with E-state index in [2.05, 4.69) is 9.98 Å². The second-order valence-corrected chi connectivity index (χ2v) is 3.16. The minimum absolute atomic E-state index is 0.650. The SMILES string of the molecule is CC1=NCCOCCOCCN=C1C. The Labute approximate surface area is 85.0 Å². The molecule has 4 heteroatoms. The maximum atomic E-state index is 5.32. The molecule has 0 radical (unpaired) electrons. The largest absolute Gasteiger partial charge is 0.377 e. The zero-order chi connectivity index (χ0) is 10.2. The van der Waals surface area contributed by atoms with Crippen molar-refractivity contribution in [2.24, 2.45) is 9.98 Å². The van der Waals surface area contributed by atoms with Crippen LogP contribution in [0.1, 0.15) is 13.8 Å². The zero-order valence-electron chi connectivity index (χ0n) is 8.95. The van der Waals surface area contributed by atoms with Crippen LogP contribution in [0.4, 0.5) is 0 Å². The Kier molecular flexibility index (Phi) is 5.40. The summed E-state index contributed by atoms with van der Waals surface area (Å²) >= 11 is 0. The van der Waals surface area contributed by atoms with E-state index in [0.717, 1.165) is 11.4 Å². The highest BCUT2D eigenvalue weighted by Crippen LogP contribution is 1.89. The quantitative estimate of drug-likeness (QED) is 0.581. The molecule has 14 heavy (non-hydrogen) atoms. The third-order valence-electron chi connectivity index (χ3n) is 2.06. The summed E-state index contributed by atoms with van der Waals surface area (Å²) in [6.45, 7) is 7.99. The predicted octanol–water partition coefficient (Wildman–Crippen LogP) is 0.955. The molecule has 0 aromatic carbocycles. The third-order valence-corrected chi connectivity index (χ3v) is 2.06. The lowest BCUT2D eigenvalue weighted by atomic mass is 10.3. The molecule has 0 aromatic heterocycles. The molecule has 0 saturated heterocycles. The second kappa shape index (κ2) is 6.68. The van der Waals surface area contributed by atoms with Gasteiger partial charge in [0.15, 0.2) is 0 Å². The molecule has 4 nitrogen and oxygen atoms in total. The molecule has 0 aliphatic carbocycles. The van der Waals surface area contributed by atoms with Gasteiger partial charge < -0.3 is 9.47 Å². The van der Waals surface area contributed by atoms with Crippen LogP contribution < -0.4 is 0 Å². The van der Waals surface area contributed by atoms with Crippen LogP contribution in [0.5, 0.6) is 0 Å². The summed E-state index contributed by atoms with van der Waals surface area (Å²) in [5, 5.41) is 0. The number of aliphatic imine (C=N–C) groups is 2. The average molecular weight is 198 g/mol. The van der Waals surface area contributed by atoms with Crippen molar-refractivity contribution in [1.29, 1.82) is 0 Å². The van der Waals surface area contributed by atoms with Gasteiger partial charge in [-0.15, -0.1) is 0 Å².